The summed E-state index contributed by atoms with van der Waals surface area (Å²) in [5, 5.41) is 0.622. The second-order valence-corrected chi connectivity index (χ2v) is 4.64. The molecular weight excluding hydrogens is 277 g/mol. The molecule has 1 aromatic carbocycles. The highest BCUT2D eigenvalue weighted by Crippen LogP contribution is 2.22. The lowest BCUT2D eigenvalue weighted by molar-refractivity contribution is 0.0794. The summed E-state index contributed by atoms with van der Waals surface area (Å²) in [6, 6.07) is 5.19. The summed E-state index contributed by atoms with van der Waals surface area (Å²) in [7, 11) is 1.80. The van der Waals surface area contributed by atoms with E-state index in [-0.39, 0.29) is 5.91 Å². The minimum absolute atomic E-state index is 0.0143. The van der Waals surface area contributed by atoms with E-state index in [2.05, 4.69) is 15.9 Å². The van der Waals surface area contributed by atoms with Gasteiger partial charge in [-0.1, -0.05) is 18.5 Å². The minimum atomic E-state index is 0.0143. The van der Waals surface area contributed by atoms with E-state index in [1.165, 1.54) is 0 Å². The van der Waals surface area contributed by atoms with Crippen LogP contribution in [0, 0.1) is 0 Å². The van der Waals surface area contributed by atoms with Crippen LogP contribution in [0.1, 0.15) is 23.7 Å². The molecule has 0 fully saturated rings. The number of halogens is 2. The smallest absolute Gasteiger partial charge is 0.254 e. The quantitative estimate of drug-likeness (QED) is 0.833. The standard InChI is InChI=1S/C11H13BrClNO/c1-3-6-14(2)11(15)9-5-4-8(13)7-10(9)12/h4-5,7H,3,6H2,1-2H3. The molecular formula is C11H13BrClNO. The van der Waals surface area contributed by atoms with Crippen molar-refractivity contribution in [2.45, 2.75) is 13.3 Å². The zero-order chi connectivity index (χ0) is 11.4. The summed E-state index contributed by atoms with van der Waals surface area (Å²) in [6.07, 6.45) is 0.952. The summed E-state index contributed by atoms with van der Waals surface area (Å²) in [5.74, 6) is 0.0143. The van der Waals surface area contributed by atoms with Crippen molar-refractivity contribution in [2.75, 3.05) is 13.6 Å². The summed E-state index contributed by atoms with van der Waals surface area (Å²) in [6.45, 7) is 2.80. The predicted molar refractivity (Wildman–Crippen MR) is 66.4 cm³/mol. The molecule has 0 spiro atoms. The first-order valence-corrected chi connectivity index (χ1v) is 5.94. The third-order valence-corrected chi connectivity index (χ3v) is 2.96. The van der Waals surface area contributed by atoms with Crippen LogP contribution in [-0.2, 0) is 0 Å². The SMILES string of the molecule is CCCN(C)C(=O)c1ccc(Cl)cc1Br. The number of carbonyl (C=O) groups excluding carboxylic acids is 1. The van der Waals surface area contributed by atoms with Crippen LogP contribution in [0.25, 0.3) is 0 Å². The Bertz CT molecular complexity index is 368. The van der Waals surface area contributed by atoms with Crippen molar-refractivity contribution in [1.82, 2.24) is 4.90 Å². The Labute approximate surface area is 103 Å². The van der Waals surface area contributed by atoms with Gasteiger partial charge < -0.3 is 4.90 Å². The van der Waals surface area contributed by atoms with E-state index >= 15 is 0 Å². The molecule has 0 saturated heterocycles. The third kappa shape index (κ3) is 3.21. The molecule has 0 aromatic heterocycles. The van der Waals surface area contributed by atoms with Crippen LogP contribution in [0.15, 0.2) is 22.7 Å². The topological polar surface area (TPSA) is 20.3 Å². The highest BCUT2D eigenvalue weighted by atomic mass is 79.9. The Kier molecular flexibility index (Phi) is 4.61. The Morgan fingerprint density at radius 2 is 2.20 bits per heavy atom. The molecule has 15 heavy (non-hydrogen) atoms. The van der Waals surface area contributed by atoms with Gasteiger partial charge in [-0.3, -0.25) is 4.79 Å². The molecule has 4 heteroatoms. The fraction of sp³-hybridized carbons (Fsp3) is 0.364. The van der Waals surface area contributed by atoms with E-state index in [1.54, 1.807) is 30.1 Å². The average Bonchev–Trinajstić information content (AvgIpc) is 2.17. The zero-order valence-corrected chi connectivity index (χ0v) is 11.1. The molecule has 82 valence electrons. The van der Waals surface area contributed by atoms with E-state index in [0.717, 1.165) is 17.4 Å². The molecule has 0 bridgehead atoms. The number of nitrogens with zero attached hydrogens (tertiary/aromatic N) is 1. The molecule has 0 saturated carbocycles. The second-order valence-electron chi connectivity index (χ2n) is 3.35. The van der Waals surface area contributed by atoms with Crippen molar-refractivity contribution in [3.05, 3.63) is 33.3 Å². The first kappa shape index (κ1) is 12.5. The Hall–Kier alpha value is -0.540. The predicted octanol–water partition coefficient (Wildman–Crippen LogP) is 3.58. The normalized spacial score (nSPS) is 10.1. The van der Waals surface area contributed by atoms with E-state index in [9.17, 15) is 4.79 Å². The van der Waals surface area contributed by atoms with Crippen molar-refractivity contribution >= 4 is 33.4 Å². The summed E-state index contributed by atoms with van der Waals surface area (Å²) < 4.78 is 0.739. The number of rotatable bonds is 3. The number of benzene rings is 1. The van der Waals surface area contributed by atoms with Crippen molar-refractivity contribution < 1.29 is 4.79 Å². The molecule has 1 rings (SSSR count). The van der Waals surface area contributed by atoms with Gasteiger partial charge in [-0.15, -0.1) is 0 Å². The fourth-order valence-corrected chi connectivity index (χ4v) is 2.16. The fourth-order valence-electron chi connectivity index (χ4n) is 1.31. The highest BCUT2D eigenvalue weighted by molar-refractivity contribution is 9.10. The molecule has 0 aliphatic carbocycles. The van der Waals surface area contributed by atoms with Gasteiger partial charge in [0.05, 0.1) is 5.56 Å². The number of hydrogen-bond acceptors (Lipinski definition) is 1. The van der Waals surface area contributed by atoms with Crippen LogP contribution in [0.4, 0.5) is 0 Å². The van der Waals surface area contributed by atoms with Crippen LogP contribution in [-0.4, -0.2) is 24.4 Å². The van der Waals surface area contributed by atoms with Gasteiger partial charge in [0.15, 0.2) is 0 Å². The second kappa shape index (κ2) is 5.52. The molecule has 0 atom stereocenters. The van der Waals surface area contributed by atoms with Crippen molar-refractivity contribution in [3.63, 3.8) is 0 Å². The van der Waals surface area contributed by atoms with E-state index in [1.807, 2.05) is 6.92 Å². The van der Waals surface area contributed by atoms with Gasteiger partial charge in [-0.2, -0.15) is 0 Å². The molecule has 0 heterocycles. The molecule has 0 N–H and O–H groups in total. The van der Waals surface area contributed by atoms with Gasteiger partial charge in [0.2, 0.25) is 0 Å². The van der Waals surface area contributed by atoms with E-state index < -0.39 is 0 Å². The largest absolute Gasteiger partial charge is 0.342 e. The number of carbonyl (C=O) groups is 1. The van der Waals surface area contributed by atoms with Crippen LogP contribution < -0.4 is 0 Å². The van der Waals surface area contributed by atoms with E-state index in [0.29, 0.717) is 10.6 Å². The van der Waals surface area contributed by atoms with Crippen LogP contribution >= 0.6 is 27.5 Å². The molecule has 2 nitrogen and oxygen atoms in total. The van der Waals surface area contributed by atoms with Gasteiger partial charge in [-0.05, 0) is 40.5 Å². The van der Waals surface area contributed by atoms with Crippen LogP contribution in [0.5, 0.6) is 0 Å². The molecule has 0 aliphatic heterocycles. The molecule has 0 unspecified atom stereocenters. The molecule has 1 amide bonds. The van der Waals surface area contributed by atoms with Gasteiger partial charge in [0.1, 0.15) is 0 Å². The van der Waals surface area contributed by atoms with Gasteiger partial charge >= 0.3 is 0 Å². The van der Waals surface area contributed by atoms with Gasteiger partial charge in [-0.25, -0.2) is 0 Å². The first-order valence-electron chi connectivity index (χ1n) is 4.76. The average molecular weight is 291 g/mol. The molecule has 1 aromatic rings. The Morgan fingerprint density at radius 1 is 1.53 bits per heavy atom. The minimum Gasteiger partial charge on any atom is -0.342 e. The maximum absolute atomic E-state index is 11.9. The van der Waals surface area contributed by atoms with Crippen molar-refractivity contribution in [2.24, 2.45) is 0 Å². The van der Waals surface area contributed by atoms with Crippen molar-refractivity contribution in [1.29, 1.82) is 0 Å². The zero-order valence-electron chi connectivity index (χ0n) is 8.76. The maximum atomic E-state index is 11.9. The Morgan fingerprint density at radius 3 is 2.73 bits per heavy atom. The lowest BCUT2D eigenvalue weighted by atomic mass is 10.2. The Balaban J connectivity index is 2.91. The monoisotopic (exact) mass is 289 g/mol. The summed E-state index contributed by atoms with van der Waals surface area (Å²) in [5.41, 5.74) is 0.648. The summed E-state index contributed by atoms with van der Waals surface area (Å²) >= 11 is 9.14. The number of amides is 1. The molecule has 0 aliphatic rings. The third-order valence-electron chi connectivity index (χ3n) is 2.07. The lowest BCUT2D eigenvalue weighted by Crippen LogP contribution is -2.27. The van der Waals surface area contributed by atoms with E-state index in [4.69, 9.17) is 11.6 Å². The van der Waals surface area contributed by atoms with Gasteiger partial charge in [0, 0.05) is 23.1 Å². The summed E-state index contributed by atoms with van der Waals surface area (Å²) in [4.78, 5) is 13.6. The highest BCUT2D eigenvalue weighted by Gasteiger charge is 2.13. The maximum Gasteiger partial charge on any atom is 0.254 e. The lowest BCUT2D eigenvalue weighted by Gasteiger charge is -2.16. The van der Waals surface area contributed by atoms with Crippen LogP contribution in [0.3, 0.4) is 0 Å². The van der Waals surface area contributed by atoms with Crippen molar-refractivity contribution in [3.8, 4) is 0 Å². The first-order chi connectivity index (χ1) is 7.06. The number of hydrogen-bond donors (Lipinski definition) is 0. The molecule has 0 radical (unpaired) electrons. The van der Waals surface area contributed by atoms with Crippen LogP contribution in [0.2, 0.25) is 5.02 Å². The van der Waals surface area contributed by atoms with Gasteiger partial charge in [0.25, 0.3) is 5.91 Å².